The number of fused-ring (bicyclic) bond motifs is 1. The summed E-state index contributed by atoms with van der Waals surface area (Å²) < 4.78 is 12.9. The number of hydrogen-bond donors (Lipinski definition) is 1. The lowest BCUT2D eigenvalue weighted by atomic mass is 10.0. The third kappa shape index (κ3) is 3.05. The van der Waals surface area contributed by atoms with Crippen LogP contribution in [0.1, 0.15) is 50.5 Å². The van der Waals surface area contributed by atoms with Crippen molar-refractivity contribution in [1.82, 2.24) is 0 Å². The van der Waals surface area contributed by atoms with Crippen molar-refractivity contribution in [2.24, 2.45) is 5.73 Å². The molecule has 2 nitrogen and oxygen atoms in total. The van der Waals surface area contributed by atoms with E-state index in [0.29, 0.717) is 5.56 Å². The molecule has 1 amide bonds. The summed E-state index contributed by atoms with van der Waals surface area (Å²) in [5.41, 5.74) is 7.99. The van der Waals surface area contributed by atoms with Crippen LogP contribution in [0.15, 0.2) is 24.3 Å². The molecule has 0 fully saturated rings. The lowest BCUT2D eigenvalue weighted by Crippen LogP contribution is -2.14. The van der Waals surface area contributed by atoms with E-state index in [9.17, 15) is 9.18 Å². The van der Waals surface area contributed by atoms with E-state index in [4.69, 9.17) is 5.73 Å². The van der Waals surface area contributed by atoms with Gasteiger partial charge in [0.1, 0.15) is 5.82 Å². The molecule has 2 N–H and O–H groups in total. The van der Waals surface area contributed by atoms with Crippen LogP contribution in [-0.4, -0.2) is 5.91 Å². The molecule has 0 radical (unpaired) electrons. The highest BCUT2D eigenvalue weighted by Gasteiger charge is 2.22. The van der Waals surface area contributed by atoms with Crippen LogP contribution < -0.4 is 5.73 Å². The fourth-order valence-corrected chi connectivity index (χ4v) is 4.00. The number of aryl methyl sites for hydroxylation is 1. The summed E-state index contributed by atoms with van der Waals surface area (Å²) >= 11 is 1.58. The second kappa shape index (κ2) is 6.33. The van der Waals surface area contributed by atoms with Gasteiger partial charge in [0.05, 0.1) is 10.4 Å². The van der Waals surface area contributed by atoms with Gasteiger partial charge in [-0.25, -0.2) is 4.39 Å². The van der Waals surface area contributed by atoms with E-state index in [1.165, 1.54) is 23.4 Å². The monoisotopic (exact) mass is 313 g/mol. The van der Waals surface area contributed by atoms with Gasteiger partial charge in [-0.1, -0.05) is 12.3 Å². The number of rotatable bonds is 1. The average molecular weight is 313 g/mol. The molecule has 0 bridgehead atoms. The second-order valence-corrected chi connectivity index (χ2v) is 6.49. The molecule has 0 unspecified atom stereocenters. The number of nitrogens with two attached hydrogens (primary N) is 1. The van der Waals surface area contributed by atoms with E-state index in [1.54, 1.807) is 23.5 Å². The Balaban J connectivity index is 2.00. The maximum absolute atomic E-state index is 12.9. The van der Waals surface area contributed by atoms with Gasteiger partial charge in [0.15, 0.2) is 0 Å². The van der Waals surface area contributed by atoms with Crippen molar-refractivity contribution in [2.75, 3.05) is 0 Å². The fraction of sp³-hybridized carbons (Fsp3) is 0.278. The predicted octanol–water partition coefficient (Wildman–Crippen LogP) is 3.65. The van der Waals surface area contributed by atoms with Gasteiger partial charge in [-0.3, -0.25) is 4.79 Å². The minimum absolute atomic E-state index is 0.286. The summed E-state index contributed by atoms with van der Waals surface area (Å²) in [5.74, 6) is 5.36. The van der Waals surface area contributed by atoms with Crippen LogP contribution in [-0.2, 0) is 12.8 Å². The van der Waals surface area contributed by atoms with E-state index in [1.807, 2.05) is 0 Å². The zero-order valence-corrected chi connectivity index (χ0v) is 12.9. The minimum atomic E-state index is -0.400. The van der Waals surface area contributed by atoms with Crippen LogP contribution in [0.25, 0.3) is 0 Å². The van der Waals surface area contributed by atoms with E-state index in [2.05, 4.69) is 11.8 Å². The predicted molar refractivity (Wildman–Crippen MR) is 86.5 cm³/mol. The molecule has 2 aromatic rings. The van der Waals surface area contributed by atoms with E-state index in [0.717, 1.165) is 41.7 Å². The highest BCUT2D eigenvalue weighted by atomic mass is 32.1. The molecular formula is C18H16FNOS. The maximum atomic E-state index is 12.9. The van der Waals surface area contributed by atoms with Crippen molar-refractivity contribution < 1.29 is 9.18 Å². The summed E-state index contributed by atoms with van der Waals surface area (Å²) in [4.78, 5) is 13.8. The van der Waals surface area contributed by atoms with Gasteiger partial charge >= 0.3 is 0 Å². The number of amides is 1. The third-order valence-corrected chi connectivity index (χ3v) is 5.04. The molecule has 0 spiro atoms. The Hall–Kier alpha value is -2.12. The van der Waals surface area contributed by atoms with Crippen LogP contribution in [0.4, 0.5) is 4.39 Å². The van der Waals surface area contributed by atoms with Crippen LogP contribution in [0.2, 0.25) is 0 Å². The number of thiophene rings is 1. The van der Waals surface area contributed by atoms with Gasteiger partial charge in [0, 0.05) is 10.4 Å². The Morgan fingerprint density at radius 3 is 2.55 bits per heavy atom. The Bertz CT molecular complexity index is 765. The molecule has 1 heterocycles. The van der Waals surface area contributed by atoms with Gasteiger partial charge < -0.3 is 5.73 Å². The summed E-state index contributed by atoms with van der Waals surface area (Å²) in [5, 5.41) is 0. The highest BCUT2D eigenvalue weighted by Crippen LogP contribution is 2.33. The van der Waals surface area contributed by atoms with Crippen LogP contribution in [0, 0.1) is 17.7 Å². The van der Waals surface area contributed by atoms with Crippen LogP contribution in [0.5, 0.6) is 0 Å². The number of primary amides is 1. The summed E-state index contributed by atoms with van der Waals surface area (Å²) in [6, 6.07) is 6.01. The quantitative estimate of drug-likeness (QED) is 0.634. The molecule has 1 aromatic heterocycles. The Kier molecular flexibility index (Phi) is 4.26. The van der Waals surface area contributed by atoms with E-state index < -0.39 is 5.91 Å². The normalized spacial score (nSPS) is 13.7. The molecular weight excluding hydrogens is 297 g/mol. The summed E-state index contributed by atoms with van der Waals surface area (Å²) in [6.45, 7) is 0. The Labute approximate surface area is 133 Å². The lowest BCUT2D eigenvalue weighted by Gasteiger charge is -2.00. The van der Waals surface area contributed by atoms with Gasteiger partial charge in [0.2, 0.25) is 0 Å². The van der Waals surface area contributed by atoms with Crippen molar-refractivity contribution in [3.05, 3.63) is 56.5 Å². The van der Waals surface area contributed by atoms with Crippen LogP contribution >= 0.6 is 11.3 Å². The molecule has 4 heteroatoms. The Morgan fingerprint density at radius 2 is 1.82 bits per heavy atom. The van der Waals surface area contributed by atoms with E-state index >= 15 is 0 Å². The zero-order chi connectivity index (χ0) is 15.5. The number of benzene rings is 1. The highest BCUT2D eigenvalue weighted by molar-refractivity contribution is 7.13. The number of hydrogen-bond acceptors (Lipinski definition) is 2. The smallest absolute Gasteiger partial charge is 0.251 e. The minimum Gasteiger partial charge on any atom is -0.366 e. The van der Waals surface area contributed by atoms with E-state index in [-0.39, 0.29) is 5.82 Å². The fourth-order valence-electron chi connectivity index (χ4n) is 2.75. The Morgan fingerprint density at radius 1 is 1.09 bits per heavy atom. The lowest BCUT2D eigenvalue weighted by molar-refractivity contribution is 0.0999. The molecule has 0 atom stereocenters. The van der Waals surface area contributed by atoms with Gasteiger partial charge in [-0.2, -0.15) is 0 Å². The third-order valence-electron chi connectivity index (χ3n) is 3.83. The van der Waals surface area contributed by atoms with Crippen molar-refractivity contribution in [3.8, 4) is 11.8 Å². The van der Waals surface area contributed by atoms with Gasteiger partial charge in [-0.05, 0) is 61.4 Å². The second-order valence-electron chi connectivity index (χ2n) is 5.39. The van der Waals surface area contributed by atoms with Crippen molar-refractivity contribution in [2.45, 2.75) is 32.1 Å². The first kappa shape index (κ1) is 14.8. The molecule has 3 rings (SSSR count). The van der Waals surface area contributed by atoms with Crippen molar-refractivity contribution in [1.29, 1.82) is 0 Å². The first-order valence-corrected chi connectivity index (χ1v) is 8.19. The number of carbonyl (C=O) groups is 1. The SMILES string of the molecule is NC(=O)c1c(C#Cc2ccc(F)cc2)sc2c1CCCCC2. The molecule has 0 saturated carbocycles. The van der Waals surface area contributed by atoms with Crippen molar-refractivity contribution in [3.63, 3.8) is 0 Å². The average Bonchev–Trinajstić information content (AvgIpc) is 2.69. The van der Waals surface area contributed by atoms with Gasteiger partial charge in [0.25, 0.3) is 5.91 Å². The van der Waals surface area contributed by atoms with Crippen LogP contribution in [0.3, 0.4) is 0 Å². The van der Waals surface area contributed by atoms with Crippen molar-refractivity contribution >= 4 is 17.2 Å². The molecule has 22 heavy (non-hydrogen) atoms. The summed E-state index contributed by atoms with van der Waals surface area (Å²) in [6.07, 6.45) is 5.34. The molecule has 1 aliphatic carbocycles. The first-order chi connectivity index (χ1) is 10.6. The molecule has 1 aliphatic rings. The topological polar surface area (TPSA) is 43.1 Å². The first-order valence-electron chi connectivity index (χ1n) is 7.37. The maximum Gasteiger partial charge on any atom is 0.251 e. The molecule has 0 saturated heterocycles. The standard InChI is InChI=1S/C18H16FNOS/c19-13-9-6-12(7-10-13)8-11-16-17(18(20)21)14-4-2-1-3-5-15(14)22-16/h6-7,9-10H,1-5H2,(H2,20,21). The number of halogens is 1. The summed E-state index contributed by atoms with van der Waals surface area (Å²) in [7, 11) is 0. The molecule has 112 valence electrons. The zero-order valence-electron chi connectivity index (χ0n) is 12.1. The molecule has 1 aromatic carbocycles. The largest absolute Gasteiger partial charge is 0.366 e. The number of carbonyl (C=O) groups excluding carboxylic acids is 1. The molecule has 0 aliphatic heterocycles. The van der Waals surface area contributed by atoms with Gasteiger partial charge in [-0.15, -0.1) is 11.3 Å².